The maximum atomic E-state index is 12.2. The van der Waals surface area contributed by atoms with Gasteiger partial charge in [0.1, 0.15) is 0 Å². The summed E-state index contributed by atoms with van der Waals surface area (Å²) in [6, 6.07) is 0.327. The molecule has 2 fully saturated rings. The number of nitrogens with one attached hydrogen (secondary N) is 1. The highest BCUT2D eigenvalue weighted by atomic mass is 35.5. The first-order chi connectivity index (χ1) is 7.29. The fraction of sp³-hybridized carbons (Fsp3) is 0.909. The van der Waals surface area contributed by atoms with E-state index in [1.165, 1.54) is 0 Å². The number of carbonyl (C=O) groups is 1. The van der Waals surface area contributed by atoms with Gasteiger partial charge in [-0.2, -0.15) is 0 Å². The summed E-state index contributed by atoms with van der Waals surface area (Å²) in [6.07, 6.45) is 2.02. The van der Waals surface area contributed by atoms with E-state index in [4.69, 9.17) is 4.74 Å². The highest BCUT2D eigenvalue weighted by molar-refractivity contribution is 5.85. The topological polar surface area (TPSA) is 41.6 Å². The Morgan fingerprint density at radius 3 is 2.94 bits per heavy atom. The van der Waals surface area contributed by atoms with E-state index in [0.717, 1.165) is 39.1 Å². The van der Waals surface area contributed by atoms with Gasteiger partial charge in [0.2, 0.25) is 5.91 Å². The predicted octanol–water partition coefficient (Wildman–Crippen LogP) is 0.655. The Bertz CT molecular complexity index is 232. The van der Waals surface area contributed by atoms with Gasteiger partial charge in [0.25, 0.3) is 0 Å². The molecule has 0 bridgehead atoms. The van der Waals surface area contributed by atoms with Crippen LogP contribution in [0.15, 0.2) is 0 Å². The molecule has 2 atom stereocenters. The lowest BCUT2D eigenvalue weighted by Crippen LogP contribution is -2.54. The molecule has 5 heteroatoms. The standard InChI is InChI=1S/C11H20N2O2.ClH/c1-9-7-12-4-5-13(9)11(14)10-3-2-6-15-8-10;/h9-10,12H,2-8H2,1H3;1H/t9-,10?;/m0./s1. The molecule has 4 nitrogen and oxygen atoms in total. The Morgan fingerprint density at radius 1 is 1.50 bits per heavy atom. The van der Waals surface area contributed by atoms with Crippen molar-refractivity contribution in [3.8, 4) is 0 Å². The van der Waals surface area contributed by atoms with Crippen LogP contribution >= 0.6 is 12.4 Å². The second-order valence-corrected chi connectivity index (χ2v) is 4.50. The quantitative estimate of drug-likeness (QED) is 0.741. The van der Waals surface area contributed by atoms with E-state index in [9.17, 15) is 4.79 Å². The van der Waals surface area contributed by atoms with E-state index < -0.39 is 0 Å². The molecule has 1 unspecified atom stereocenters. The van der Waals surface area contributed by atoms with Crippen LogP contribution in [0.25, 0.3) is 0 Å². The second-order valence-electron chi connectivity index (χ2n) is 4.50. The van der Waals surface area contributed by atoms with Crippen molar-refractivity contribution in [3.63, 3.8) is 0 Å². The summed E-state index contributed by atoms with van der Waals surface area (Å²) in [6.45, 7) is 6.23. The fourth-order valence-corrected chi connectivity index (χ4v) is 2.34. The number of nitrogens with zero attached hydrogens (tertiary/aromatic N) is 1. The molecule has 94 valence electrons. The minimum atomic E-state index is 0. The molecular weight excluding hydrogens is 228 g/mol. The highest BCUT2D eigenvalue weighted by Gasteiger charge is 2.30. The molecule has 2 aliphatic heterocycles. The number of hydrogen-bond acceptors (Lipinski definition) is 3. The van der Waals surface area contributed by atoms with Gasteiger partial charge in [0.05, 0.1) is 12.5 Å². The summed E-state index contributed by atoms with van der Waals surface area (Å²) >= 11 is 0. The zero-order valence-electron chi connectivity index (χ0n) is 9.78. The van der Waals surface area contributed by atoms with Crippen molar-refractivity contribution in [2.45, 2.75) is 25.8 Å². The Morgan fingerprint density at radius 2 is 2.31 bits per heavy atom. The van der Waals surface area contributed by atoms with Crippen molar-refractivity contribution in [1.29, 1.82) is 0 Å². The summed E-state index contributed by atoms with van der Waals surface area (Å²) in [5.74, 6) is 0.406. The van der Waals surface area contributed by atoms with Crippen molar-refractivity contribution in [2.75, 3.05) is 32.8 Å². The average Bonchev–Trinajstić information content (AvgIpc) is 2.30. The third kappa shape index (κ3) is 3.09. The van der Waals surface area contributed by atoms with Crippen LogP contribution in [-0.2, 0) is 9.53 Å². The Labute approximate surface area is 103 Å². The molecule has 0 aliphatic carbocycles. The summed E-state index contributed by atoms with van der Waals surface area (Å²) < 4.78 is 5.37. The van der Waals surface area contributed by atoms with Crippen LogP contribution in [0.2, 0.25) is 0 Å². The highest BCUT2D eigenvalue weighted by Crippen LogP contribution is 2.18. The number of halogens is 1. The largest absolute Gasteiger partial charge is 0.381 e. The summed E-state index contributed by atoms with van der Waals surface area (Å²) in [4.78, 5) is 14.2. The van der Waals surface area contributed by atoms with Crippen LogP contribution in [0.4, 0.5) is 0 Å². The van der Waals surface area contributed by atoms with E-state index in [1.54, 1.807) is 0 Å². The molecule has 16 heavy (non-hydrogen) atoms. The lowest BCUT2D eigenvalue weighted by molar-refractivity contribution is -0.142. The van der Waals surface area contributed by atoms with Crippen LogP contribution < -0.4 is 5.32 Å². The maximum absolute atomic E-state index is 12.2. The van der Waals surface area contributed by atoms with Gasteiger partial charge < -0.3 is 15.0 Å². The van der Waals surface area contributed by atoms with Gasteiger partial charge in [-0.15, -0.1) is 12.4 Å². The Balaban J connectivity index is 0.00000128. The first kappa shape index (κ1) is 13.7. The van der Waals surface area contributed by atoms with Crippen LogP contribution in [0.5, 0.6) is 0 Å². The number of carbonyl (C=O) groups excluding carboxylic acids is 1. The van der Waals surface area contributed by atoms with E-state index in [-0.39, 0.29) is 18.3 Å². The first-order valence-corrected chi connectivity index (χ1v) is 5.88. The van der Waals surface area contributed by atoms with E-state index in [2.05, 4.69) is 12.2 Å². The SMILES string of the molecule is C[C@H]1CNCCN1C(=O)C1CCCOC1.Cl. The molecule has 1 amide bonds. The molecule has 0 aromatic heterocycles. The molecule has 1 N–H and O–H groups in total. The summed E-state index contributed by atoms with van der Waals surface area (Å²) in [5, 5.41) is 3.30. The van der Waals surface area contributed by atoms with Crippen molar-refractivity contribution >= 4 is 18.3 Å². The van der Waals surface area contributed by atoms with Crippen LogP contribution in [0.1, 0.15) is 19.8 Å². The number of hydrogen-bond donors (Lipinski definition) is 1. The normalized spacial score (nSPS) is 30.7. The molecule has 2 rings (SSSR count). The molecule has 0 spiro atoms. The van der Waals surface area contributed by atoms with E-state index >= 15 is 0 Å². The number of amides is 1. The van der Waals surface area contributed by atoms with E-state index in [0.29, 0.717) is 18.6 Å². The third-order valence-electron chi connectivity index (χ3n) is 3.29. The van der Waals surface area contributed by atoms with Gasteiger partial charge in [0.15, 0.2) is 0 Å². The molecule has 0 saturated carbocycles. The third-order valence-corrected chi connectivity index (χ3v) is 3.29. The minimum absolute atomic E-state index is 0. The summed E-state index contributed by atoms with van der Waals surface area (Å²) in [5.41, 5.74) is 0. The lowest BCUT2D eigenvalue weighted by Gasteiger charge is -2.37. The lowest BCUT2D eigenvalue weighted by atomic mass is 9.99. The molecule has 2 aliphatic rings. The minimum Gasteiger partial charge on any atom is -0.381 e. The maximum Gasteiger partial charge on any atom is 0.228 e. The van der Waals surface area contributed by atoms with Crippen molar-refractivity contribution < 1.29 is 9.53 Å². The predicted molar refractivity (Wildman–Crippen MR) is 64.8 cm³/mol. The van der Waals surface area contributed by atoms with Gasteiger partial charge in [-0.1, -0.05) is 0 Å². The number of piperazine rings is 1. The van der Waals surface area contributed by atoms with Crippen molar-refractivity contribution in [3.05, 3.63) is 0 Å². The van der Waals surface area contributed by atoms with Crippen molar-refractivity contribution in [1.82, 2.24) is 10.2 Å². The molecule has 0 radical (unpaired) electrons. The van der Waals surface area contributed by atoms with Crippen LogP contribution in [-0.4, -0.2) is 49.7 Å². The molecule has 2 saturated heterocycles. The van der Waals surface area contributed by atoms with Gasteiger partial charge in [-0.3, -0.25) is 4.79 Å². The van der Waals surface area contributed by atoms with Crippen LogP contribution in [0.3, 0.4) is 0 Å². The van der Waals surface area contributed by atoms with Gasteiger partial charge in [-0.05, 0) is 19.8 Å². The molecule has 0 aromatic carbocycles. The number of rotatable bonds is 1. The van der Waals surface area contributed by atoms with Crippen LogP contribution in [0, 0.1) is 5.92 Å². The zero-order valence-corrected chi connectivity index (χ0v) is 10.6. The van der Waals surface area contributed by atoms with E-state index in [1.807, 2.05) is 4.90 Å². The Hall–Kier alpha value is -0.320. The molecule has 0 aromatic rings. The van der Waals surface area contributed by atoms with Gasteiger partial charge in [-0.25, -0.2) is 0 Å². The van der Waals surface area contributed by atoms with Crippen molar-refractivity contribution in [2.24, 2.45) is 5.92 Å². The van der Waals surface area contributed by atoms with Gasteiger partial charge in [0, 0.05) is 32.3 Å². The Kier molecular flexibility index (Phi) is 5.52. The smallest absolute Gasteiger partial charge is 0.228 e. The summed E-state index contributed by atoms with van der Waals surface area (Å²) in [7, 11) is 0. The molecule has 2 heterocycles. The molecular formula is C11H21ClN2O2. The van der Waals surface area contributed by atoms with Gasteiger partial charge >= 0.3 is 0 Å². The number of ether oxygens (including phenoxy) is 1. The second kappa shape index (κ2) is 6.42. The fourth-order valence-electron chi connectivity index (χ4n) is 2.34. The zero-order chi connectivity index (χ0) is 10.7. The monoisotopic (exact) mass is 248 g/mol. The first-order valence-electron chi connectivity index (χ1n) is 5.88. The average molecular weight is 249 g/mol.